The van der Waals surface area contributed by atoms with Crippen LogP contribution in [0.5, 0.6) is 5.75 Å². The summed E-state index contributed by atoms with van der Waals surface area (Å²) in [4.78, 5) is 11.6. The van der Waals surface area contributed by atoms with Gasteiger partial charge in [-0.05, 0) is 24.6 Å². The number of nitrogens with one attached hydrogen (secondary N) is 1. The van der Waals surface area contributed by atoms with E-state index in [1.807, 2.05) is 6.07 Å². The highest BCUT2D eigenvalue weighted by atomic mass is 35.5. The van der Waals surface area contributed by atoms with Crippen molar-refractivity contribution in [3.8, 4) is 11.8 Å². The van der Waals surface area contributed by atoms with Gasteiger partial charge >= 0.3 is 0 Å². The van der Waals surface area contributed by atoms with Crippen LogP contribution in [0, 0.1) is 17.2 Å². The minimum absolute atomic E-state index is 0.323. The molecule has 4 nitrogen and oxygen atoms in total. The fourth-order valence-electron chi connectivity index (χ4n) is 1.31. The molecule has 0 fully saturated rings. The van der Waals surface area contributed by atoms with E-state index in [0.717, 1.165) is 0 Å². The Bertz CT molecular complexity index is 454. The van der Waals surface area contributed by atoms with Gasteiger partial charge in [-0.2, -0.15) is 5.26 Å². The van der Waals surface area contributed by atoms with Crippen LogP contribution in [0.15, 0.2) is 18.2 Å². The van der Waals surface area contributed by atoms with E-state index < -0.39 is 5.92 Å². The van der Waals surface area contributed by atoms with E-state index in [4.69, 9.17) is 21.6 Å². The topological polar surface area (TPSA) is 62.1 Å². The van der Waals surface area contributed by atoms with Crippen molar-refractivity contribution >= 4 is 23.2 Å². The van der Waals surface area contributed by atoms with Crippen LogP contribution in [0.4, 0.5) is 5.69 Å². The fourth-order valence-corrected chi connectivity index (χ4v) is 1.57. The molecule has 0 aliphatic rings. The molecule has 0 heterocycles. The Morgan fingerprint density at radius 2 is 2.35 bits per heavy atom. The molecule has 90 valence electrons. The third kappa shape index (κ3) is 3.36. The van der Waals surface area contributed by atoms with Crippen molar-refractivity contribution < 1.29 is 9.53 Å². The number of anilines is 1. The first-order valence-electron chi connectivity index (χ1n) is 5.16. The minimum Gasteiger partial charge on any atom is -0.495 e. The molecule has 0 aromatic heterocycles. The Morgan fingerprint density at radius 3 is 2.82 bits per heavy atom. The molecule has 1 rings (SSSR count). The van der Waals surface area contributed by atoms with Gasteiger partial charge in [0.05, 0.1) is 18.2 Å². The number of halogens is 1. The molecule has 0 bridgehead atoms. The smallest absolute Gasteiger partial charge is 0.241 e. The van der Waals surface area contributed by atoms with Gasteiger partial charge in [0.25, 0.3) is 0 Å². The predicted octanol–water partition coefficient (Wildman–Crippen LogP) is 2.84. The van der Waals surface area contributed by atoms with Gasteiger partial charge in [0.15, 0.2) is 0 Å². The molecule has 1 unspecified atom stereocenters. The average Bonchev–Trinajstić information content (AvgIpc) is 2.31. The van der Waals surface area contributed by atoms with Gasteiger partial charge in [-0.3, -0.25) is 4.79 Å². The highest BCUT2D eigenvalue weighted by molar-refractivity contribution is 6.32. The second-order valence-corrected chi connectivity index (χ2v) is 3.84. The lowest BCUT2D eigenvalue weighted by atomic mass is 10.1. The van der Waals surface area contributed by atoms with Crippen LogP contribution in [0.1, 0.15) is 13.3 Å². The fraction of sp³-hybridized carbons (Fsp3) is 0.333. The quantitative estimate of drug-likeness (QED) is 0.896. The summed E-state index contributed by atoms with van der Waals surface area (Å²) in [6.07, 6.45) is 0.478. The van der Waals surface area contributed by atoms with Gasteiger partial charge in [-0.25, -0.2) is 0 Å². The molecular weight excluding hydrogens is 240 g/mol. The lowest BCUT2D eigenvalue weighted by Crippen LogP contribution is -2.20. The summed E-state index contributed by atoms with van der Waals surface area (Å²) in [7, 11) is 1.52. The normalized spacial score (nSPS) is 11.4. The molecule has 1 amide bonds. The van der Waals surface area contributed by atoms with Crippen LogP contribution in [0.25, 0.3) is 0 Å². The minimum atomic E-state index is -0.643. The molecule has 0 aliphatic carbocycles. The molecule has 0 spiro atoms. The van der Waals surface area contributed by atoms with Crippen LogP contribution in [0.3, 0.4) is 0 Å². The van der Waals surface area contributed by atoms with E-state index in [1.165, 1.54) is 7.11 Å². The van der Waals surface area contributed by atoms with Crippen molar-refractivity contribution in [2.24, 2.45) is 5.92 Å². The first-order chi connectivity index (χ1) is 8.12. The number of hydrogen-bond acceptors (Lipinski definition) is 3. The Hall–Kier alpha value is -1.73. The van der Waals surface area contributed by atoms with Crippen molar-refractivity contribution in [1.29, 1.82) is 5.26 Å². The predicted molar refractivity (Wildman–Crippen MR) is 66.0 cm³/mol. The van der Waals surface area contributed by atoms with E-state index in [9.17, 15) is 4.79 Å². The molecule has 0 radical (unpaired) electrons. The third-order valence-electron chi connectivity index (χ3n) is 2.30. The van der Waals surface area contributed by atoms with Crippen LogP contribution in [0.2, 0.25) is 5.02 Å². The third-order valence-corrected chi connectivity index (χ3v) is 2.60. The Labute approximate surface area is 105 Å². The van der Waals surface area contributed by atoms with Crippen molar-refractivity contribution in [2.75, 3.05) is 12.4 Å². The molecule has 5 heteroatoms. The SMILES string of the molecule is CCC(C#N)C(=O)Nc1ccc(OC)c(Cl)c1. The number of nitriles is 1. The standard InChI is InChI=1S/C12H13ClN2O2/c1-3-8(7-14)12(16)15-9-4-5-11(17-2)10(13)6-9/h4-6,8H,3H2,1-2H3,(H,15,16). The molecule has 0 aliphatic heterocycles. The highest BCUT2D eigenvalue weighted by Gasteiger charge is 2.15. The number of amides is 1. The zero-order valence-corrected chi connectivity index (χ0v) is 10.4. The molecule has 1 N–H and O–H groups in total. The van der Waals surface area contributed by atoms with Crippen LogP contribution < -0.4 is 10.1 Å². The number of benzene rings is 1. The van der Waals surface area contributed by atoms with Crippen molar-refractivity contribution in [1.82, 2.24) is 0 Å². The van der Waals surface area contributed by atoms with Gasteiger partial charge in [0.1, 0.15) is 11.7 Å². The lowest BCUT2D eigenvalue weighted by Gasteiger charge is -2.09. The molecule has 1 aromatic carbocycles. The maximum atomic E-state index is 11.6. The molecule has 1 atom stereocenters. The van der Waals surface area contributed by atoms with Crippen molar-refractivity contribution in [3.63, 3.8) is 0 Å². The molecule has 0 saturated carbocycles. The van der Waals surface area contributed by atoms with E-state index in [0.29, 0.717) is 22.9 Å². The summed E-state index contributed by atoms with van der Waals surface area (Å²) in [5.74, 6) is -0.427. The first kappa shape index (κ1) is 13.3. The molecule has 0 saturated heterocycles. The maximum absolute atomic E-state index is 11.6. The summed E-state index contributed by atoms with van der Waals surface area (Å²) in [5.41, 5.74) is 0.550. The average molecular weight is 253 g/mol. The highest BCUT2D eigenvalue weighted by Crippen LogP contribution is 2.27. The summed E-state index contributed by atoms with van der Waals surface area (Å²) in [6.45, 7) is 1.79. The number of rotatable bonds is 4. The van der Waals surface area contributed by atoms with Gasteiger partial charge in [0, 0.05) is 5.69 Å². The zero-order chi connectivity index (χ0) is 12.8. The summed E-state index contributed by atoms with van der Waals surface area (Å²) < 4.78 is 5.00. The Kier molecular flexibility index (Phi) is 4.80. The number of nitrogens with zero attached hydrogens (tertiary/aromatic N) is 1. The molecular formula is C12H13ClN2O2. The number of carbonyl (C=O) groups excluding carboxylic acids is 1. The van der Waals surface area contributed by atoms with Crippen molar-refractivity contribution in [3.05, 3.63) is 23.2 Å². The van der Waals surface area contributed by atoms with E-state index in [2.05, 4.69) is 5.32 Å². The van der Waals surface area contributed by atoms with E-state index >= 15 is 0 Å². The lowest BCUT2D eigenvalue weighted by molar-refractivity contribution is -0.118. The zero-order valence-electron chi connectivity index (χ0n) is 9.66. The van der Waals surface area contributed by atoms with Crippen molar-refractivity contribution in [2.45, 2.75) is 13.3 Å². The van der Waals surface area contributed by atoms with Gasteiger partial charge in [-0.1, -0.05) is 18.5 Å². The van der Waals surface area contributed by atoms with E-state index in [1.54, 1.807) is 25.1 Å². The molecule has 17 heavy (non-hydrogen) atoms. The molecule has 1 aromatic rings. The number of carbonyl (C=O) groups is 1. The first-order valence-corrected chi connectivity index (χ1v) is 5.54. The van der Waals surface area contributed by atoms with Gasteiger partial charge < -0.3 is 10.1 Å². The summed E-state index contributed by atoms with van der Waals surface area (Å²) >= 11 is 5.92. The van der Waals surface area contributed by atoms with Gasteiger partial charge in [-0.15, -0.1) is 0 Å². The maximum Gasteiger partial charge on any atom is 0.241 e. The summed E-state index contributed by atoms with van der Waals surface area (Å²) in [6, 6.07) is 6.86. The van der Waals surface area contributed by atoms with Gasteiger partial charge in [0.2, 0.25) is 5.91 Å². The number of ether oxygens (including phenoxy) is 1. The second-order valence-electron chi connectivity index (χ2n) is 3.43. The number of hydrogen-bond donors (Lipinski definition) is 1. The van der Waals surface area contributed by atoms with Crippen LogP contribution in [-0.4, -0.2) is 13.0 Å². The van der Waals surface area contributed by atoms with Crippen LogP contribution in [-0.2, 0) is 4.79 Å². The number of methoxy groups -OCH3 is 1. The monoisotopic (exact) mass is 252 g/mol. The van der Waals surface area contributed by atoms with E-state index in [-0.39, 0.29) is 5.91 Å². The summed E-state index contributed by atoms with van der Waals surface area (Å²) in [5, 5.41) is 11.8. The second kappa shape index (κ2) is 6.12. The Morgan fingerprint density at radius 1 is 1.65 bits per heavy atom. The Balaban J connectivity index is 2.79. The largest absolute Gasteiger partial charge is 0.495 e. The van der Waals surface area contributed by atoms with Crippen LogP contribution >= 0.6 is 11.6 Å².